The molecule has 5 atom stereocenters. The second-order valence-corrected chi connectivity index (χ2v) is 31.4. The van der Waals surface area contributed by atoms with Crippen LogP contribution in [-0.2, 0) is 65.4 Å². The Morgan fingerprint density at radius 3 is 0.730 bits per heavy atom. The smallest absolute Gasteiger partial charge is 0.462 e. The Balaban J connectivity index is 5.25. The summed E-state index contributed by atoms with van der Waals surface area (Å²) < 4.78 is 68.6. The van der Waals surface area contributed by atoms with E-state index in [4.69, 9.17) is 37.0 Å². The van der Waals surface area contributed by atoms with Gasteiger partial charge in [-0.1, -0.05) is 360 Å². The van der Waals surface area contributed by atoms with Gasteiger partial charge in [-0.05, 0) is 51.4 Å². The summed E-state index contributed by atoms with van der Waals surface area (Å²) in [5.74, 6) is -2.14. The molecule has 0 aliphatic carbocycles. The van der Waals surface area contributed by atoms with Crippen molar-refractivity contribution >= 4 is 39.5 Å². The van der Waals surface area contributed by atoms with Crippen LogP contribution in [0.15, 0.2) is 24.3 Å². The predicted molar refractivity (Wildman–Crippen MR) is 409 cm³/mol. The molecule has 17 nitrogen and oxygen atoms in total. The van der Waals surface area contributed by atoms with Gasteiger partial charge >= 0.3 is 39.5 Å². The average molecular weight is 1460 g/mol. The number of hydrogen-bond donors (Lipinski definition) is 3. The number of allylic oxidation sites excluding steroid dienone is 4. The zero-order valence-corrected chi connectivity index (χ0v) is 66.5. The first-order valence-electron chi connectivity index (χ1n) is 41.6. The molecule has 0 heterocycles. The number of aliphatic hydroxyl groups excluding tert-OH is 1. The molecule has 3 N–H and O–H groups in total. The minimum absolute atomic E-state index is 0.0856. The standard InChI is InChI=1S/C81H154O17P2/c1-5-9-13-17-21-25-28-31-34-36-38-41-43-46-50-54-58-62-66-79(84)92-72-77(98-81(86)68-64-60-56-52-48-45-42-39-37-35-32-29-26-22-18-14-10-6-2)74-96-100(89,90)94-70-75(82)69-93-99(87,88)95-73-76(71-91-78(83)65-61-57-53-49-24-20-16-12-8-4)97-80(85)67-63-59-55-51-47-44-40-33-30-27-23-19-15-11-7-3/h27,30,33,40,75-77,82H,5-26,28-29,31-32,34-39,41-74H2,1-4H3,(H,87,88)(H,89,90)/b30-27-,40-33-/t75-,76+,77+/m0/s1. The molecule has 0 amide bonds. The topological polar surface area (TPSA) is 237 Å². The third-order valence-corrected chi connectivity index (χ3v) is 20.4. The van der Waals surface area contributed by atoms with E-state index in [2.05, 4.69) is 52.0 Å². The molecule has 0 radical (unpaired) electrons. The maximum atomic E-state index is 13.1. The van der Waals surface area contributed by atoms with Gasteiger partial charge < -0.3 is 33.8 Å². The average Bonchev–Trinajstić information content (AvgIpc) is 0.951. The number of carbonyl (C=O) groups excluding carboxylic acids is 4. The van der Waals surface area contributed by atoms with Gasteiger partial charge in [0.05, 0.1) is 26.4 Å². The molecular weight excluding hydrogens is 1310 g/mol. The van der Waals surface area contributed by atoms with Crippen LogP contribution in [-0.4, -0.2) is 96.7 Å². The van der Waals surface area contributed by atoms with Crippen molar-refractivity contribution in [2.45, 2.75) is 431 Å². The Bertz CT molecular complexity index is 1990. The Kier molecular flexibility index (Phi) is 73.0. The highest BCUT2D eigenvalue weighted by atomic mass is 31.2. The summed E-state index contributed by atoms with van der Waals surface area (Å²) in [4.78, 5) is 72.9. The third-order valence-electron chi connectivity index (χ3n) is 18.5. The zero-order chi connectivity index (χ0) is 73.2. The van der Waals surface area contributed by atoms with Gasteiger partial charge in [0.2, 0.25) is 0 Å². The monoisotopic (exact) mass is 1460 g/mol. The van der Waals surface area contributed by atoms with Gasteiger partial charge in [-0.25, -0.2) is 9.13 Å². The number of ether oxygens (including phenoxy) is 4. The van der Waals surface area contributed by atoms with Crippen molar-refractivity contribution in [3.63, 3.8) is 0 Å². The maximum Gasteiger partial charge on any atom is 0.472 e. The highest BCUT2D eigenvalue weighted by molar-refractivity contribution is 7.47. The van der Waals surface area contributed by atoms with Crippen LogP contribution in [0, 0.1) is 0 Å². The highest BCUT2D eigenvalue weighted by Gasteiger charge is 2.30. The van der Waals surface area contributed by atoms with Crippen molar-refractivity contribution in [3.05, 3.63) is 24.3 Å². The first-order chi connectivity index (χ1) is 48.7. The molecular formula is C81H154O17P2. The number of hydrogen-bond acceptors (Lipinski definition) is 15. The molecule has 0 spiro atoms. The Morgan fingerprint density at radius 1 is 0.280 bits per heavy atom. The van der Waals surface area contributed by atoms with Gasteiger partial charge in [-0.15, -0.1) is 0 Å². The first-order valence-corrected chi connectivity index (χ1v) is 44.6. The van der Waals surface area contributed by atoms with Crippen LogP contribution in [0.3, 0.4) is 0 Å². The summed E-state index contributed by atoms with van der Waals surface area (Å²) in [7, 11) is -9.93. The van der Waals surface area contributed by atoms with Crippen molar-refractivity contribution < 1.29 is 80.2 Å². The molecule has 0 aromatic carbocycles. The second-order valence-electron chi connectivity index (χ2n) is 28.5. The fourth-order valence-electron chi connectivity index (χ4n) is 12.1. The van der Waals surface area contributed by atoms with Crippen molar-refractivity contribution in [1.29, 1.82) is 0 Å². The number of phosphoric acid groups is 2. The van der Waals surface area contributed by atoms with Crippen molar-refractivity contribution in [3.8, 4) is 0 Å². The Morgan fingerprint density at radius 2 is 0.480 bits per heavy atom. The van der Waals surface area contributed by atoms with Gasteiger partial charge in [0.15, 0.2) is 12.2 Å². The number of esters is 4. The van der Waals surface area contributed by atoms with E-state index in [0.717, 1.165) is 103 Å². The van der Waals surface area contributed by atoms with Crippen LogP contribution in [0.2, 0.25) is 0 Å². The number of phosphoric ester groups is 2. The predicted octanol–water partition coefficient (Wildman–Crippen LogP) is 24.1. The van der Waals surface area contributed by atoms with Crippen molar-refractivity contribution in [2.75, 3.05) is 39.6 Å². The van der Waals surface area contributed by atoms with Crippen molar-refractivity contribution in [2.24, 2.45) is 0 Å². The molecule has 0 fully saturated rings. The summed E-state index contributed by atoms with van der Waals surface area (Å²) in [5, 5.41) is 10.6. The molecule has 0 saturated carbocycles. The van der Waals surface area contributed by atoms with E-state index in [0.29, 0.717) is 25.7 Å². The number of rotatable bonds is 80. The van der Waals surface area contributed by atoms with E-state index in [9.17, 15) is 43.2 Å². The molecule has 2 unspecified atom stereocenters. The van der Waals surface area contributed by atoms with Crippen molar-refractivity contribution in [1.82, 2.24) is 0 Å². The summed E-state index contributed by atoms with van der Waals surface area (Å²) in [6.07, 6.45) is 70.2. The van der Waals surface area contributed by atoms with Gasteiger partial charge in [0.1, 0.15) is 19.3 Å². The molecule has 100 heavy (non-hydrogen) atoms. The molecule has 19 heteroatoms. The lowest BCUT2D eigenvalue weighted by Crippen LogP contribution is -2.30. The van der Waals surface area contributed by atoms with Crippen LogP contribution >= 0.6 is 15.6 Å². The van der Waals surface area contributed by atoms with E-state index in [1.807, 2.05) is 0 Å². The van der Waals surface area contributed by atoms with E-state index in [-0.39, 0.29) is 25.7 Å². The van der Waals surface area contributed by atoms with Gasteiger partial charge in [0, 0.05) is 25.7 Å². The zero-order valence-electron chi connectivity index (χ0n) is 64.7. The molecule has 590 valence electrons. The first kappa shape index (κ1) is 97.5. The largest absolute Gasteiger partial charge is 0.472 e. The molecule has 0 rings (SSSR count). The van der Waals surface area contributed by atoms with Crippen LogP contribution in [0.1, 0.15) is 413 Å². The van der Waals surface area contributed by atoms with Crippen LogP contribution < -0.4 is 0 Å². The fourth-order valence-corrected chi connectivity index (χ4v) is 13.7. The summed E-state index contributed by atoms with van der Waals surface area (Å²) >= 11 is 0. The summed E-state index contributed by atoms with van der Waals surface area (Å²) in [6, 6.07) is 0. The number of carbonyl (C=O) groups is 4. The maximum absolute atomic E-state index is 13.1. The number of aliphatic hydroxyl groups is 1. The third kappa shape index (κ3) is 73.8. The van der Waals surface area contributed by atoms with E-state index in [1.165, 1.54) is 231 Å². The highest BCUT2D eigenvalue weighted by Crippen LogP contribution is 2.45. The van der Waals surface area contributed by atoms with Crippen LogP contribution in [0.5, 0.6) is 0 Å². The lowest BCUT2D eigenvalue weighted by molar-refractivity contribution is -0.161. The second kappa shape index (κ2) is 74.8. The fraction of sp³-hybridized carbons (Fsp3) is 0.901. The molecule has 0 aliphatic rings. The summed E-state index contributed by atoms with van der Waals surface area (Å²) in [5.41, 5.74) is 0. The van der Waals surface area contributed by atoms with Gasteiger partial charge in [-0.3, -0.25) is 37.3 Å². The molecule has 0 aromatic heterocycles. The molecule has 0 aromatic rings. The van der Waals surface area contributed by atoms with Gasteiger partial charge in [-0.2, -0.15) is 0 Å². The molecule has 0 bridgehead atoms. The lowest BCUT2D eigenvalue weighted by atomic mass is 10.0. The number of unbranched alkanes of at least 4 members (excludes halogenated alkanes) is 51. The minimum Gasteiger partial charge on any atom is -0.462 e. The minimum atomic E-state index is -4.96. The quantitative estimate of drug-likeness (QED) is 0.0169. The summed E-state index contributed by atoms with van der Waals surface area (Å²) in [6.45, 7) is 4.94. The normalized spacial score (nSPS) is 13.9. The van der Waals surface area contributed by atoms with Gasteiger partial charge in [0.25, 0.3) is 0 Å². The lowest BCUT2D eigenvalue weighted by Gasteiger charge is -2.21. The SMILES string of the molecule is CCCCCC/C=C\C=C/CCCCCCCC(=O)O[C@H](COC(=O)CCCCCCCCCCC)COP(=O)(O)OC[C@H](O)COP(=O)(O)OC[C@@H](COC(=O)CCCCCCCCCCCCCCCCCCCC)OC(=O)CCCCCCCCCCCCCCCCCCCC. The Labute approximate surface area is 612 Å². The molecule has 0 aliphatic heterocycles. The van der Waals surface area contributed by atoms with E-state index < -0.39 is 97.5 Å². The van der Waals surface area contributed by atoms with Crippen LogP contribution in [0.25, 0.3) is 0 Å². The molecule has 0 saturated heterocycles. The van der Waals surface area contributed by atoms with Crippen LogP contribution in [0.4, 0.5) is 0 Å². The Hall–Kier alpha value is -2.46. The van der Waals surface area contributed by atoms with E-state index in [1.54, 1.807) is 0 Å². The van der Waals surface area contributed by atoms with E-state index >= 15 is 0 Å².